The number of amides is 1. The lowest BCUT2D eigenvalue weighted by molar-refractivity contribution is 0.102. The van der Waals surface area contributed by atoms with Crippen LogP contribution in [0.4, 0.5) is 5.69 Å². The molecular formula is C20H20N2O4. The predicted octanol–water partition coefficient (Wildman–Crippen LogP) is 4.23. The number of rotatable bonds is 5. The van der Waals surface area contributed by atoms with Gasteiger partial charge in [-0.15, -0.1) is 0 Å². The lowest BCUT2D eigenvalue weighted by atomic mass is 10.1. The molecule has 6 heteroatoms. The van der Waals surface area contributed by atoms with Crippen molar-refractivity contribution in [3.8, 4) is 22.8 Å². The van der Waals surface area contributed by atoms with Gasteiger partial charge in [0.25, 0.3) is 5.91 Å². The van der Waals surface area contributed by atoms with Crippen LogP contribution < -0.4 is 14.8 Å². The molecule has 0 radical (unpaired) electrons. The van der Waals surface area contributed by atoms with E-state index in [4.69, 9.17) is 13.9 Å². The molecule has 0 spiro atoms. The number of ether oxygens (including phenoxy) is 2. The molecule has 0 unspecified atom stereocenters. The summed E-state index contributed by atoms with van der Waals surface area (Å²) in [6.07, 6.45) is 1.25. The minimum Gasteiger partial charge on any atom is -0.493 e. The van der Waals surface area contributed by atoms with E-state index < -0.39 is 0 Å². The van der Waals surface area contributed by atoms with E-state index in [1.165, 1.54) is 6.39 Å². The van der Waals surface area contributed by atoms with E-state index in [1.54, 1.807) is 32.4 Å². The van der Waals surface area contributed by atoms with Gasteiger partial charge in [0, 0.05) is 11.3 Å². The van der Waals surface area contributed by atoms with Gasteiger partial charge in [0.05, 0.1) is 14.2 Å². The monoisotopic (exact) mass is 352 g/mol. The first-order valence-electron chi connectivity index (χ1n) is 8.08. The van der Waals surface area contributed by atoms with Crippen LogP contribution in [0.2, 0.25) is 0 Å². The molecule has 6 nitrogen and oxygen atoms in total. The van der Waals surface area contributed by atoms with Gasteiger partial charge >= 0.3 is 0 Å². The number of hydrogen-bond donors (Lipinski definition) is 1. The Hall–Kier alpha value is -3.28. The third kappa shape index (κ3) is 3.26. The molecule has 1 aromatic heterocycles. The molecule has 3 rings (SSSR count). The van der Waals surface area contributed by atoms with E-state index in [0.717, 1.165) is 16.8 Å². The topological polar surface area (TPSA) is 73.6 Å². The molecular weight excluding hydrogens is 332 g/mol. The predicted molar refractivity (Wildman–Crippen MR) is 98.9 cm³/mol. The molecule has 0 fully saturated rings. The van der Waals surface area contributed by atoms with Crippen LogP contribution in [0.15, 0.2) is 47.2 Å². The number of benzene rings is 2. The van der Waals surface area contributed by atoms with E-state index in [9.17, 15) is 4.79 Å². The summed E-state index contributed by atoms with van der Waals surface area (Å²) in [4.78, 5) is 16.8. The third-order valence-corrected chi connectivity index (χ3v) is 4.28. The summed E-state index contributed by atoms with van der Waals surface area (Å²) in [5, 5.41) is 2.90. The Morgan fingerprint density at radius 2 is 1.85 bits per heavy atom. The second kappa shape index (κ2) is 7.31. The van der Waals surface area contributed by atoms with Crippen LogP contribution in [-0.2, 0) is 0 Å². The first-order valence-corrected chi connectivity index (χ1v) is 8.08. The van der Waals surface area contributed by atoms with Gasteiger partial charge < -0.3 is 19.2 Å². The SMILES string of the molecule is COc1ccc(-c2ocnc2C(=O)Nc2cccc(C)c2C)cc1OC. The van der Waals surface area contributed by atoms with Gasteiger partial charge in [-0.1, -0.05) is 12.1 Å². The first-order chi connectivity index (χ1) is 12.5. The van der Waals surface area contributed by atoms with Crippen molar-refractivity contribution in [3.05, 3.63) is 59.6 Å². The smallest absolute Gasteiger partial charge is 0.278 e. The summed E-state index contributed by atoms with van der Waals surface area (Å²) >= 11 is 0. The van der Waals surface area contributed by atoms with Crippen molar-refractivity contribution in [1.29, 1.82) is 0 Å². The number of nitrogens with one attached hydrogen (secondary N) is 1. The van der Waals surface area contributed by atoms with E-state index in [0.29, 0.717) is 22.8 Å². The Kier molecular flexibility index (Phi) is 4.93. The van der Waals surface area contributed by atoms with Crippen molar-refractivity contribution in [3.63, 3.8) is 0 Å². The quantitative estimate of drug-likeness (QED) is 0.744. The number of nitrogens with zero attached hydrogens (tertiary/aromatic N) is 1. The van der Waals surface area contributed by atoms with Crippen molar-refractivity contribution in [2.45, 2.75) is 13.8 Å². The van der Waals surface area contributed by atoms with Gasteiger partial charge in [-0.2, -0.15) is 0 Å². The van der Waals surface area contributed by atoms with Crippen molar-refractivity contribution >= 4 is 11.6 Å². The lowest BCUT2D eigenvalue weighted by Gasteiger charge is -2.11. The van der Waals surface area contributed by atoms with Crippen molar-refractivity contribution in [2.75, 3.05) is 19.5 Å². The summed E-state index contributed by atoms with van der Waals surface area (Å²) in [7, 11) is 3.12. The van der Waals surface area contributed by atoms with Crippen LogP contribution in [-0.4, -0.2) is 25.1 Å². The van der Waals surface area contributed by atoms with Crippen molar-refractivity contribution in [2.24, 2.45) is 0 Å². The van der Waals surface area contributed by atoms with Crippen molar-refractivity contribution in [1.82, 2.24) is 4.98 Å². The molecule has 2 aromatic carbocycles. The van der Waals surface area contributed by atoms with Gasteiger partial charge in [0.1, 0.15) is 0 Å². The number of oxazole rings is 1. The zero-order valence-electron chi connectivity index (χ0n) is 15.1. The highest BCUT2D eigenvalue weighted by atomic mass is 16.5. The minimum absolute atomic E-state index is 0.207. The second-order valence-electron chi connectivity index (χ2n) is 5.80. The fraction of sp³-hybridized carbons (Fsp3) is 0.200. The summed E-state index contributed by atoms with van der Waals surface area (Å²) in [6, 6.07) is 11.0. The number of hydrogen-bond acceptors (Lipinski definition) is 5. The van der Waals surface area contributed by atoms with Gasteiger partial charge in [0.2, 0.25) is 0 Å². The van der Waals surface area contributed by atoms with Gasteiger partial charge in [-0.05, 0) is 49.2 Å². The molecule has 0 aliphatic heterocycles. The van der Waals surface area contributed by atoms with E-state index in [2.05, 4.69) is 10.3 Å². The Labute approximate surface area is 151 Å². The summed E-state index contributed by atoms with van der Waals surface area (Å²) < 4.78 is 16.0. The molecule has 26 heavy (non-hydrogen) atoms. The Morgan fingerprint density at radius 3 is 2.58 bits per heavy atom. The number of aromatic nitrogens is 1. The number of methoxy groups -OCH3 is 2. The summed E-state index contributed by atoms with van der Waals surface area (Å²) in [5.74, 6) is 1.17. The van der Waals surface area contributed by atoms with Gasteiger partial charge in [0.15, 0.2) is 29.3 Å². The maximum absolute atomic E-state index is 12.7. The molecule has 1 amide bonds. The second-order valence-corrected chi connectivity index (χ2v) is 5.80. The van der Waals surface area contributed by atoms with Crippen LogP contribution in [0.25, 0.3) is 11.3 Å². The largest absolute Gasteiger partial charge is 0.493 e. The fourth-order valence-electron chi connectivity index (χ4n) is 2.66. The Bertz CT molecular complexity index is 947. The summed E-state index contributed by atoms with van der Waals surface area (Å²) in [5.41, 5.74) is 3.74. The molecule has 0 atom stereocenters. The molecule has 0 aliphatic carbocycles. The van der Waals surface area contributed by atoms with Crippen LogP contribution in [0.1, 0.15) is 21.6 Å². The Morgan fingerprint density at radius 1 is 1.08 bits per heavy atom. The van der Waals surface area contributed by atoms with Crippen molar-refractivity contribution < 1.29 is 18.7 Å². The molecule has 3 aromatic rings. The maximum Gasteiger partial charge on any atom is 0.278 e. The number of carbonyl (C=O) groups is 1. The average molecular weight is 352 g/mol. The normalized spacial score (nSPS) is 10.5. The van der Waals surface area contributed by atoms with Crippen LogP contribution in [0.5, 0.6) is 11.5 Å². The molecule has 1 heterocycles. The molecule has 134 valence electrons. The molecule has 0 aliphatic rings. The third-order valence-electron chi connectivity index (χ3n) is 4.28. The highest BCUT2D eigenvalue weighted by Gasteiger charge is 2.20. The summed E-state index contributed by atoms with van der Waals surface area (Å²) in [6.45, 7) is 3.96. The fourth-order valence-corrected chi connectivity index (χ4v) is 2.66. The van der Waals surface area contributed by atoms with Gasteiger partial charge in [-0.25, -0.2) is 4.98 Å². The highest BCUT2D eigenvalue weighted by Crippen LogP contribution is 2.33. The molecule has 0 saturated carbocycles. The van der Waals surface area contributed by atoms with Crippen LogP contribution in [0, 0.1) is 13.8 Å². The lowest BCUT2D eigenvalue weighted by Crippen LogP contribution is -2.14. The zero-order chi connectivity index (χ0) is 18.7. The van der Waals surface area contributed by atoms with E-state index in [1.807, 2.05) is 32.0 Å². The van der Waals surface area contributed by atoms with E-state index in [-0.39, 0.29) is 11.6 Å². The van der Waals surface area contributed by atoms with Crippen LogP contribution >= 0.6 is 0 Å². The maximum atomic E-state index is 12.7. The number of carbonyl (C=O) groups excluding carboxylic acids is 1. The zero-order valence-corrected chi connectivity index (χ0v) is 15.1. The Balaban J connectivity index is 1.93. The van der Waals surface area contributed by atoms with Gasteiger partial charge in [-0.3, -0.25) is 4.79 Å². The number of aryl methyl sites for hydroxylation is 1. The first kappa shape index (κ1) is 17.5. The highest BCUT2D eigenvalue weighted by molar-refractivity contribution is 6.06. The van der Waals surface area contributed by atoms with E-state index >= 15 is 0 Å². The molecule has 1 N–H and O–H groups in total. The molecule has 0 saturated heterocycles. The average Bonchev–Trinajstić information content (AvgIpc) is 3.14. The van der Waals surface area contributed by atoms with Crippen LogP contribution in [0.3, 0.4) is 0 Å². The molecule has 0 bridgehead atoms. The number of anilines is 1. The minimum atomic E-state index is -0.336. The standard InChI is InChI=1S/C20H20N2O4/c1-12-6-5-7-15(13(12)2)22-20(23)18-19(26-11-21-18)14-8-9-16(24-3)17(10-14)25-4/h5-11H,1-4H3,(H,22,23).